The molecular weight excluding hydrogens is 386 g/mol. The first kappa shape index (κ1) is 22.4. The van der Waals surface area contributed by atoms with Gasteiger partial charge in [-0.2, -0.15) is 0 Å². The summed E-state index contributed by atoms with van der Waals surface area (Å²) in [5, 5.41) is 8.66. The van der Waals surface area contributed by atoms with Crippen molar-refractivity contribution < 1.29 is 4.84 Å². The molecule has 1 aromatic carbocycles. The van der Waals surface area contributed by atoms with Gasteiger partial charge in [0.1, 0.15) is 0 Å². The monoisotopic (exact) mass is 411 g/mol. The molecule has 0 amide bonds. The van der Waals surface area contributed by atoms with Crippen LogP contribution in [0.2, 0.25) is 5.02 Å². The Labute approximate surface area is 176 Å². The molecule has 0 fully saturated rings. The number of aromatic nitrogens is 1. The smallest absolute Gasteiger partial charge is 0.259 e. The van der Waals surface area contributed by atoms with Crippen molar-refractivity contribution in [3.63, 3.8) is 0 Å². The van der Waals surface area contributed by atoms with Crippen molar-refractivity contribution in [2.45, 2.75) is 20.3 Å². The molecule has 2 aromatic rings. The van der Waals surface area contributed by atoms with Crippen LogP contribution in [0, 0.1) is 0 Å². The standard InChI is InChI=1S/C23H26ClN3O2/c1-5-7-8-9-10-11-19-20-14-18(24)12-13-21(20)26-23(28)22(19)17(4)29-27-16(3)15-25-6-2/h5,7-10,12-14,25H,1,4,6,11,15H2,2-3H3,(H,26,28)/b8-7-,10-9-,27-16+. The number of benzene rings is 1. The van der Waals surface area contributed by atoms with E-state index in [2.05, 4.69) is 28.6 Å². The summed E-state index contributed by atoms with van der Waals surface area (Å²) in [6.07, 6.45) is 9.74. The fourth-order valence-electron chi connectivity index (χ4n) is 2.76. The minimum atomic E-state index is -0.283. The summed E-state index contributed by atoms with van der Waals surface area (Å²) in [5.41, 5.74) is 2.31. The van der Waals surface area contributed by atoms with E-state index >= 15 is 0 Å². The lowest BCUT2D eigenvalue weighted by molar-refractivity contribution is 0.297. The van der Waals surface area contributed by atoms with Gasteiger partial charge in [0.2, 0.25) is 0 Å². The molecular formula is C23H26ClN3O2. The molecule has 0 saturated carbocycles. The maximum atomic E-state index is 12.8. The summed E-state index contributed by atoms with van der Waals surface area (Å²) in [6.45, 7) is 12.9. The number of nitrogens with one attached hydrogen (secondary N) is 2. The van der Waals surface area contributed by atoms with Gasteiger partial charge in [-0.3, -0.25) is 4.79 Å². The van der Waals surface area contributed by atoms with Gasteiger partial charge >= 0.3 is 0 Å². The molecule has 6 heteroatoms. The van der Waals surface area contributed by atoms with Gasteiger partial charge in [-0.25, -0.2) is 0 Å². The lowest BCUT2D eigenvalue weighted by Crippen LogP contribution is -2.21. The molecule has 152 valence electrons. The summed E-state index contributed by atoms with van der Waals surface area (Å²) in [7, 11) is 0. The van der Waals surface area contributed by atoms with Crippen LogP contribution in [0.4, 0.5) is 0 Å². The number of fused-ring (bicyclic) bond motifs is 1. The van der Waals surface area contributed by atoms with Gasteiger partial charge in [0.15, 0.2) is 5.76 Å². The Balaban J connectivity index is 2.47. The average Bonchev–Trinajstić information content (AvgIpc) is 2.70. The van der Waals surface area contributed by atoms with Crippen LogP contribution in [0.15, 0.2) is 71.7 Å². The van der Waals surface area contributed by atoms with Crippen LogP contribution in [0.3, 0.4) is 0 Å². The van der Waals surface area contributed by atoms with Crippen molar-refractivity contribution >= 4 is 34.0 Å². The number of halogens is 1. The number of rotatable bonds is 10. The maximum Gasteiger partial charge on any atom is 0.259 e. The van der Waals surface area contributed by atoms with E-state index < -0.39 is 0 Å². The lowest BCUT2D eigenvalue weighted by atomic mass is 9.99. The summed E-state index contributed by atoms with van der Waals surface area (Å²) >= 11 is 6.20. The van der Waals surface area contributed by atoms with Crippen molar-refractivity contribution in [1.82, 2.24) is 10.3 Å². The number of hydrogen-bond acceptors (Lipinski definition) is 4. The number of oxime groups is 1. The predicted octanol–water partition coefficient (Wildman–Crippen LogP) is 5.00. The van der Waals surface area contributed by atoms with E-state index in [0.29, 0.717) is 29.1 Å². The fourth-order valence-corrected chi connectivity index (χ4v) is 2.93. The number of pyridine rings is 1. The van der Waals surface area contributed by atoms with E-state index in [1.807, 2.05) is 44.2 Å². The average molecular weight is 412 g/mol. The second-order valence-corrected chi connectivity index (χ2v) is 6.81. The zero-order valence-electron chi connectivity index (χ0n) is 16.8. The third-order valence-corrected chi connectivity index (χ3v) is 4.36. The molecule has 0 radical (unpaired) electrons. The number of hydrogen-bond donors (Lipinski definition) is 2. The summed E-state index contributed by atoms with van der Waals surface area (Å²) in [6, 6.07) is 5.35. The second-order valence-electron chi connectivity index (χ2n) is 6.37. The Kier molecular flexibility index (Phi) is 8.65. The van der Waals surface area contributed by atoms with Crippen LogP contribution in [0.1, 0.15) is 25.0 Å². The Hall–Kier alpha value is -2.89. The fraction of sp³-hybridized carbons (Fsp3) is 0.217. The number of nitrogens with zero attached hydrogens (tertiary/aromatic N) is 1. The highest BCUT2D eigenvalue weighted by molar-refractivity contribution is 6.31. The van der Waals surface area contributed by atoms with Crippen molar-refractivity contribution in [1.29, 1.82) is 0 Å². The highest BCUT2D eigenvalue weighted by Gasteiger charge is 2.16. The van der Waals surface area contributed by atoms with Crippen LogP contribution in [0.25, 0.3) is 16.7 Å². The number of H-pyrrole nitrogens is 1. The topological polar surface area (TPSA) is 66.5 Å². The molecule has 0 spiro atoms. The summed E-state index contributed by atoms with van der Waals surface area (Å²) in [5.74, 6) is 0.189. The molecule has 0 aliphatic rings. The van der Waals surface area contributed by atoms with Gasteiger partial charge in [-0.15, -0.1) is 0 Å². The summed E-state index contributed by atoms with van der Waals surface area (Å²) in [4.78, 5) is 21.1. The first-order chi connectivity index (χ1) is 14.0. The van der Waals surface area contributed by atoms with Crippen LogP contribution >= 0.6 is 11.6 Å². The minimum Gasteiger partial charge on any atom is -0.357 e. The first-order valence-corrected chi connectivity index (χ1v) is 9.74. The SMILES string of the molecule is C=C/C=C\C=C/Cc1c(C(=C)O/N=C(\C)CNCC)c(=O)[nH]c2ccc(Cl)cc12. The van der Waals surface area contributed by atoms with E-state index in [4.69, 9.17) is 16.4 Å². The van der Waals surface area contributed by atoms with E-state index in [1.54, 1.807) is 18.2 Å². The molecule has 0 bridgehead atoms. The Morgan fingerprint density at radius 1 is 1.34 bits per heavy atom. The van der Waals surface area contributed by atoms with Crippen molar-refractivity contribution in [2.75, 3.05) is 13.1 Å². The largest absolute Gasteiger partial charge is 0.357 e. The molecule has 0 aliphatic carbocycles. The van der Waals surface area contributed by atoms with Crippen LogP contribution in [-0.2, 0) is 11.3 Å². The summed E-state index contributed by atoms with van der Waals surface area (Å²) < 4.78 is 0. The van der Waals surface area contributed by atoms with E-state index in [9.17, 15) is 4.79 Å². The van der Waals surface area contributed by atoms with Crippen molar-refractivity contribution in [3.8, 4) is 0 Å². The van der Waals surface area contributed by atoms with Gasteiger partial charge in [-0.05, 0) is 43.7 Å². The van der Waals surface area contributed by atoms with Crippen LogP contribution < -0.4 is 10.9 Å². The van der Waals surface area contributed by atoms with Gasteiger partial charge in [0.05, 0.1) is 11.3 Å². The lowest BCUT2D eigenvalue weighted by Gasteiger charge is -2.12. The maximum absolute atomic E-state index is 12.8. The van der Waals surface area contributed by atoms with Crippen molar-refractivity contribution in [3.05, 3.63) is 88.2 Å². The molecule has 2 N–H and O–H groups in total. The van der Waals surface area contributed by atoms with E-state index in [1.165, 1.54) is 0 Å². The molecule has 5 nitrogen and oxygen atoms in total. The molecule has 29 heavy (non-hydrogen) atoms. The third kappa shape index (κ3) is 6.31. The van der Waals surface area contributed by atoms with E-state index in [0.717, 1.165) is 23.2 Å². The number of aromatic amines is 1. The molecule has 2 rings (SSSR count). The second kappa shape index (κ2) is 11.2. The Bertz CT molecular complexity index is 1030. The first-order valence-electron chi connectivity index (χ1n) is 9.37. The quantitative estimate of drug-likeness (QED) is 0.250. The predicted molar refractivity (Wildman–Crippen MR) is 124 cm³/mol. The van der Waals surface area contributed by atoms with Gasteiger partial charge < -0.3 is 15.1 Å². The molecule has 0 atom stereocenters. The Morgan fingerprint density at radius 2 is 2.14 bits per heavy atom. The van der Waals surface area contributed by atoms with Gasteiger partial charge in [-0.1, -0.05) is 67.2 Å². The molecule has 1 heterocycles. The van der Waals surface area contributed by atoms with Gasteiger partial charge in [0, 0.05) is 22.5 Å². The molecule has 1 aromatic heterocycles. The minimum absolute atomic E-state index is 0.189. The number of allylic oxidation sites excluding steroid dienone is 5. The molecule has 0 saturated heterocycles. The van der Waals surface area contributed by atoms with E-state index in [-0.39, 0.29) is 11.3 Å². The normalized spacial score (nSPS) is 12.2. The molecule has 0 aliphatic heterocycles. The van der Waals surface area contributed by atoms with Crippen LogP contribution in [0.5, 0.6) is 0 Å². The third-order valence-electron chi connectivity index (χ3n) is 4.12. The highest BCUT2D eigenvalue weighted by atomic mass is 35.5. The van der Waals surface area contributed by atoms with Crippen molar-refractivity contribution in [2.24, 2.45) is 5.16 Å². The Morgan fingerprint density at radius 3 is 2.86 bits per heavy atom. The van der Waals surface area contributed by atoms with Gasteiger partial charge in [0.25, 0.3) is 5.56 Å². The highest BCUT2D eigenvalue weighted by Crippen LogP contribution is 2.26. The van der Waals surface area contributed by atoms with Crippen LogP contribution in [-0.4, -0.2) is 23.8 Å². The zero-order chi connectivity index (χ0) is 21.2. The molecule has 0 unspecified atom stereocenters. The zero-order valence-corrected chi connectivity index (χ0v) is 17.6.